The summed E-state index contributed by atoms with van der Waals surface area (Å²) >= 11 is 1.61. The summed E-state index contributed by atoms with van der Waals surface area (Å²) < 4.78 is 0. The highest BCUT2D eigenvalue weighted by Gasteiger charge is 2.21. The minimum atomic E-state index is -0.381. The van der Waals surface area contributed by atoms with Crippen LogP contribution in [0.25, 0.3) is 22.3 Å². The van der Waals surface area contributed by atoms with Crippen LogP contribution in [-0.4, -0.2) is 18.5 Å². The second-order valence-corrected chi connectivity index (χ2v) is 8.09. The number of hydrogen-bond donors (Lipinski definition) is 2. The lowest BCUT2D eigenvalue weighted by atomic mass is 9.99. The molecule has 29 heavy (non-hydrogen) atoms. The average molecular weight is 404 g/mol. The molecule has 148 valence electrons. The second kappa shape index (κ2) is 9.90. The Bertz CT molecular complexity index is 989. The molecule has 3 rings (SSSR count). The van der Waals surface area contributed by atoms with Crippen molar-refractivity contribution in [2.75, 3.05) is 11.9 Å². The van der Waals surface area contributed by atoms with Crippen LogP contribution in [0.2, 0.25) is 0 Å². The maximum absolute atomic E-state index is 12.5. The zero-order valence-electron chi connectivity index (χ0n) is 16.7. The number of nitrogens with zero attached hydrogens (tertiary/aromatic N) is 1. The predicted molar refractivity (Wildman–Crippen MR) is 121 cm³/mol. The van der Waals surface area contributed by atoms with Gasteiger partial charge in [-0.15, -0.1) is 11.3 Å². The Kier molecular flexibility index (Phi) is 7.04. The van der Waals surface area contributed by atoms with Crippen molar-refractivity contribution in [3.63, 3.8) is 0 Å². The average Bonchev–Trinajstić information content (AvgIpc) is 3.20. The van der Waals surface area contributed by atoms with E-state index in [1.54, 1.807) is 11.3 Å². The Labute approximate surface area is 176 Å². The number of anilines is 1. The van der Waals surface area contributed by atoms with Crippen molar-refractivity contribution in [1.82, 2.24) is 5.32 Å². The monoisotopic (exact) mass is 403 g/mol. The van der Waals surface area contributed by atoms with Crippen molar-refractivity contribution in [3.8, 4) is 28.3 Å². The fourth-order valence-corrected chi connectivity index (χ4v) is 4.07. The van der Waals surface area contributed by atoms with Gasteiger partial charge in [0, 0.05) is 16.3 Å². The molecule has 1 amide bonds. The van der Waals surface area contributed by atoms with Gasteiger partial charge in [0.2, 0.25) is 5.91 Å². The van der Waals surface area contributed by atoms with E-state index in [0.717, 1.165) is 22.4 Å². The second-order valence-electron chi connectivity index (χ2n) is 7.35. The summed E-state index contributed by atoms with van der Waals surface area (Å²) in [4.78, 5) is 12.5. The van der Waals surface area contributed by atoms with E-state index in [1.807, 2.05) is 29.6 Å². The first-order valence-corrected chi connectivity index (χ1v) is 10.7. The molecule has 4 nitrogen and oxygen atoms in total. The van der Waals surface area contributed by atoms with Crippen LogP contribution < -0.4 is 10.6 Å². The first kappa shape index (κ1) is 20.6. The molecule has 0 saturated heterocycles. The molecular formula is C24H25N3OS. The van der Waals surface area contributed by atoms with Gasteiger partial charge in [0.1, 0.15) is 12.6 Å². The fraction of sp³-hybridized carbons (Fsp3) is 0.250. The minimum absolute atomic E-state index is 0.0186. The quantitative estimate of drug-likeness (QED) is 0.485. The van der Waals surface area contributed by atoms with Crippen molar-refractivity contribution in [1.29, 1.82) is 5.26 Å². The molecule has 0 bridgehead atoms. The van der Waals surface area contributed by atoms with E-state index in [-0.39, 0.29) is 18.5 Å². The number of carbonyl (C=O) groups excluding carboxylic acids is 1. The highest BCUT2D eigenvalue weighted by atomic mass is 32.1. The van der Waals surface area contributed by atoms with Gasteiger partial charge in [-0.2, -0.15) is 5.26 Å². The lowest BCUT2D eigenvalue weighted by Gasteiger charge is -2.21. The molecule has 2 aromatic carbocycles. The standard InChI is InChI=1S/C24H25N3OS/c1-17(2)13-22(24(28)26-12-11-25)27-23-16-29-15-21(23)20-10-6-9-19(14-20)18-7-4-3-5-8-18/h3-10,14-17,22,27H,12-13H2,1-2H3,(H,26,28)/t22-/m0/s1. The summed E-state index contributed by atoms with van der Waals surface area (Å²) in [5, 5.41) is 19.0. The third kappa shape index (κ3) is 5.46. The van der Waals surface area contributed by atoms with Crippen LogP contribution >= 0.6 is 11.3 Å². The van der Waals surface area contributed by atoms with Crippen molar-refractivity contribution in [2.45, 2.75) is 26.3 Å². The summed E-state index contributed by atoms with van der Waals surface area (Å²) in [5.74, 6) is 0.208. The third-order valence-corrected chi connectivity index (χ3v) is 5.38. The minimum Gasteiger partial charge on any atom is -0.372 e. The number of nitrogens with one attached hydrogen (secondary N) is 2. The predicted octanol–water partition coefficient (Wildman–Crippen LogP) is 5.55. The van der Waals surface area contributed by atoms with Crippen molar-refractivity contribution < 1.29 is 4.79 Å². The molecule has 0 fully saturated rings. The van der Waals surface area contributed by atoms with Gasteiger partial charge in [-0.1, -0.05) is 62.4 Å². The number of hydrogen-bond acceptors (Lipinski definition) is 4. The van der Waals surface area contributed by atoms with Crippen LogP contribution in [-0.2, 0) is 4.79 Å². The van der Waals surface area contributed by atoms with Crippen molar-refractivity contribution >= 4 is 22.9 Å². The van der Waals surface area contributed by atoms with Crippen LogP contribution in [0.1, 0.15) is 20.3 Å². The molecule has 0 aliphatic rings. The maximum Gasteiger partial charge on any atom is 0.243 e. The van der Waals surface area contributed by atoms with Crippen LogP contribution in [0.5, 0.6) is 0 Å². The lowest BCUT2D eigenvalue weighted by Crippen LogP contribution is -2.40. The molecule has 3 aromatic rings. The van der Waals surface area contributed by atoms with Crippen LogP contribution in [0.3, 0.4) is 0 Å². The molecule has 5 heteroatoms. The van der Waals surface area contributed by atoms with Crippen LogP contribution in [0.15, 0.2) is 65.4 Å². The molecule has 0 unspecified atom stereocenters. The fourth-order valence-electron chi connectivity index (χ4n) is 3.27. The smallest absolute Gasteiger partial charge is 0.243 e. The summed E-state index contributed by atoms with van der Waals surface area (Å²) in [6.07, 6.45) is 0.691. The van der Waals surface area contributed by atoms with Gasteiger partial charge in [0.25, 0.3) is 0 Å². The lowest BCUT2D eigenvalue weighted by molar-refractivity contribution is -0.121. The van der Waals surface area contributed by atoms with E-state index >= 15 is 0 Å². The molecular weight excluding hydrogens is 378 g/mol. The van der Waals surface area contributed by atoms with E-state index in [0.29, 0.717) is 12.3 Å². The zero-order valence-corrected chi connectivity index (χ0v) is 17.5. The molecule has 0 spiro atoms. The molecule has 0 aliphatic heterocycles. The van der Waals surface area contributed by atoms with Crippen molar-refractivity contribution in [2.24, 2.45) is 5.92 Å². The third-order valence-electron chi connectivity index (χ3n) is 4.64. The van der Waals surface area contributed by atoms with Gasteiger partial charge < -0.3 is 10.6 Å². The largest absolute Gasteiger partial charge is 0.372 e. The Morgan fingerprint density at radius 3 is 2.48 bits per heavy atom. The van der Waals surface area contributed by atoms with E-state index in [9.17, 15) is 4.79 Å². The van der Waals surface area contributed by atoms with Gasteiger partial charge in [0.15, 0.2) is 0 Å². The molecule has 1 atom stereocenters. The van der Waals surface area contributed by atoms with E-state index in [4.69, 9.17) is 5.26 Å². The van der Waals surface area contributed by atoms with Crippen molar-refractivity contribution in [3.05, 3.63) is 65.4 Å². The zero-order chi connectivity index (χ0) is 20.6. The Hall–Kier alpha value is -3.10. The topological polar surface area (TPSA) is 64.9 Å². The number of carbonyl (C=O) groups is 1. The molecule has 0 radical (unpaired) electrons. The van der Waals surface area contributed by atoms with Gasteiger partial charge in [-0.3, -0.25) is 4.79 Å². The molecule has 1 heterocycles. The number of amides is 1. The van der Waals surface area contributed by atoms with E-state index < -0.39 is 0 Å². The van der Waals surface area contributed by atoms with Crippen LogP contribution in [0, 0.1) is 17.2 Å². The van der Waals surface area contributed by atoms with Gasteiger partial charge in [0.05, 0.1) is 11.8 Å². The molecule has 1 aromatic heterocycles. The maximum atomic E-state index is 12.5. The number of rotatable bonds is 8. The molecule has 0 saturated carbocycles. The molecule has 2 N–H and O–H groups in total. The normalized spacial score (nSPS) is 11.7. The molecule has 0 aliphatic carbocycles. The number of thiophene rings is 1. The first-order chi connectivity index (χ1) is 14.1. The summed E-state index contributed by atoms with van der Waals surface area (Å²) in [7, 11) is 0. The summed E-state index contributed by atoms with van der Waals surface area (Å²) in [6.45, 7) is 4.19. The van der Waals surface area contributed by atoms with E-state index in [2.05, 4.69) is 66.3 Å². The van der Waals surface area contributed by atoms with Crippen LogP contribution in [0.4, 0.5) is 5.69 Å². The summed E-state index contributed by atoms with van der Waals surface area (Å²) in [6, 6.07) is 20.3. The first-order valence-electron chi connectivity index (χ1n) is 9.71. The van der Waals surface area contributed by atoms with E-state index in [1.165, 1.54) is 5.56 Å². The number of nitriles is 1. The van der Waals surface area contributed by atoms with Gasteiger partial charge >= 0.3 is 0 Å². The number of benzene rings is 2. The van der Waals surface area contributed by atoms with Gasteiger partial charge in [-0.05, 0) is 35.1 Å². The Balaban J connectivity index is 1.86. The summed E-state index contributed by atoms with van der Waals surface area (Å²) in [5.41, 5.74) is 5.46. The highest BCUT2D eigenvalue weighted by molar-refractivity contribution is 7.08. The van der Waals surface area contributed by atoms with Gasteiger partial charge in [-0.25, -0.2) is 0 Å². The SMILES string of the molecule is CC(C)C[C@H](Nc1cscc1-c1cccc(-c2ccccc2)c1)C(=O)NCC#N. The highest BCUT2D eigenvalue weighted by Crippen LogP contribution is 2.34. The Morgan fingerprint density at radius 2 is 1.76 bits per heavy atom. The Morgan fingerprint density at radius 1 is 1.03 bits per heavy atom.